The van der Waals surface area contributed by atoms with Crippen molar-refractivity contribution in [2.24, 2.45) is 17.6 Å². The molecule has 0 spiro atoms. The third-order valence-corrected chi connectivity index (χ3v) is 3.95. The molecule has 0 aromatic rings. The molecule has 0 aromatic heterocycles. The second-order valence-corrected chi connectivity index (χ2v) is 5.62. The molecule has 1 aliphatic heterocycles. The van der Waals surface area contributed by atoms with Crippen LogP contribution in [0.4, 0.5) is 0 Å². The Kier molecular flexibility index (Phi) is 2.85. The molecule has 1 saturated heterocycles. The Hall–Kier alpha value is -0.0800. The molecule has 82 valence electrons. The second kappa shape index (κ2) is 3.82. The number of likely N-dealkylation sites (tertiary alicyclic amines) is 1. The van der Waals surface area contributed by atoms with Crippen molar-refractivity contribution in [3.63, 3.8) is 0 Å². The lowest BCUT2D eigenvalue weighted by Gasteiger charge is -2.29. The van der Waals surface area contributed by atoms with Gasteiger partial charge < -0.3 is 10.6 Å². The normalized spacial score (nSPS) is 39.0. The van der Waals surface area contributed by atoms with Gasteiger partial charge >= 0.3 is 0 Å². The van der Waals surface area contributed by atoms with E-state index in [4.69, 9.17) is 5.73 Å². The molecule has 2 rings (SSSR count). The summed E-state index contributed by atoms with van der Waals surface area (Å²) >= 11 is 0. The fraction of sp³-hybridized carbons (Fsp3) is 1.00. The Morgan fingerprint density at radius 2 is 1.93 bits per heavy atom. The quantitative estimate of drug-likeness (QED) is 0.746. The molecular formula is C12H24N2. The van der Waals surface area contributed by atoms with Crippen LogP contribution >= 0.6 is 0 Å². The zero-order valence-corrected chi connectivity index (χ0v) is 9.63. The van der Waals surface area contributed by atoms with Crippen LogP contribution in [-0.4, -0.2) is 30.1 Å². The van der Waals surface area contributed by atoms with Crippen LogP contribution in [-0.2, 0) is 0 Å². The average Bonchev–Trinajstić information content (AvgIpc) is 2.79. The van der Waals surface area contributed by atoms with E-state index in [1.54, 1.807) is 0 Å². The maximum atomic E-state index is 6.38. The van der Waals surface area contributed by atoms with Gasteiger partial charge in [-0.2, -0.15) is 0 Å². The lowest BCUT2D eigenvalue weighted by Crippen LogP contribution is -2.43. The monoisotopic (exact) mass is 196 g/mol. The number of nitrogens with zero attached hydrogens (tertiary/aromatic N) is 1. The van der Waals surface area contributed by atoms with Gasteiger partial charge in [0.1, 0.15) is 0 Å². The van der Waals surface area contributed by atoms with Crippen LogP contribution in [0.5, 0.6) is 0 Å². The van der Waals surface area contributed by atoms with Crippen LogP contribution in [0.25, 0.3) is 0 Å². The molecule has 1 saturated carbocycles. The van der Waals surface area contributed by atoms with E-state index >= 15 is 0 Å². The fourth-order valence-corrected chi connectivity index (χ4v) is 2.97. The van der Waals surface area contributed by atoms with E-state index in [9.17, 15) is 0 Å². The van der Waals surface area contributed by atoms with E-state index < -0.39 is 0 Å². The van der Waals surface area contributed by atoms with Gasteiger partial charge in [0.25, 0.3) is 0 Å². The number of nitrogens with two attached hydrogens (primary N) is 1. The lowest BCUT2D eigenvalue weighted by molar-refractivity contribution is 0.202. The summed E-state index contributed by atoms with van der Waals surface area (Å²) in [6, 6.07) is 0. The molecule has 2 fully saturated rings. The zero-order valence-electron chi connectivity index (χ0n) is 9.63. The van der Waals surface area contributed by atoms with E-state index in [0.29, 0.717) is 0 Å². The van der Waals surface area contributed by atoms with Crippen LogP contribution in [0.3, 0.4) is 0 Å². The highest BCUT2D eigenvalue weighted by atomic mass is 15.2. The molecule has 1 heterocycles. The van der Waals surface area contributed by atoms with Crippen molar-refractivity contribution >= 4 is 0 Å². The van der Waals surface area contributed by atoms with Gasteiger partial charge in [-0.05, 0) is 44.2 Å². The van der Waals surface area contributed by atoms with Crippen LogP contribution in [0, 0.1) is 11.8 Å². The second-order valence-electron chi connectivity index (χ2n) is 5.62. The number of hydrogen-bond donors (Lipinski definition) is 1. The highest BCUT2D eigenvalue weighted by Crippen LogP contribution is 2.46. The number of hydrogen-bond acceptors (Lipinski definition) is 2. The van der Waals surface area contributed by atoms with Crippen molar-refractivity contribution in [2.75, 3.05) is 19.6 Å². The highest BCUT2D eigenvalue weighted by molar-refractivity contribution is 5.10. The molecule has 0 aromatic carbocycles. The molecule has 2 nitrogen and oxygen atoms in total. The first-order valence-corrected chi connectivity index (χ1v) is 6.13. The maximum absolute atomic E-state index is 6.38. The molecule has 0 amide bonds. The Balaban J connectivity index is 1.80. The third kappa shape index (κ3) is 2.12. The van der Waals surface area contributed by atoms with Gasteiger partial charge in [0.15, 0.2) is 0 Å². The molecule has 1 aliphatic carbocycles. The molecule has 2 aliphatic rings. The smallest absolute Gasteiger partial charge is 0.0318 e. The van der Waals surface area contributed by atoms with Gasteiger partial charge in [0.05, 0.1) is 0 Å². The molecule has 2 heteroatoms. The highest BCUT2D eigenvalue weighted by Gasteiger charge is 2.52. The van der Waals surface area contributed by atoms with E-state index in [2.05, 4.69) is 18.7 Å². The first-order valence-electron chi connectivity index (χ1n) is 6.13. The largest absolute Gasteiger partial charge is 0.324 e. The molecule has 14 heavy (non-hydrogen) atoms. The maximum Gasteiger partial charge on any atom is 0.0318 e. The minimum absolute atomic E-state index is 0.172. The van der Waals surface area contributed by atoms with Crippen molar-refractivity contribution in [1.29, 1.82) is 0 Å². The van der Waals surface area contributed by atoms with Gasteiger partial charge in [0, 0.05) is 12.1 Å². The fourth-order valence-electron chi connectivity index (χ4n) is 2.97. The van der Waals surface area contributed by atoms with Crippen molar-refractivity contribution in [3.05, 3.63) is 0 Å². The van der Waals surface area contributed by atoms with Gasteiger partial charge in [-0.3, -0.25) is 0 Å². The van der Waals surface area contributed by atoms with E-state index in [-0.39, 0.29) is 5.54 Å². The minimum Gasteiger partial charge on any atom is -0.324 e. The molecule has 2 atom stereocenters. The van der Waals surface area contributed by atoms with Crippen molar-refractivity contribution in [2.45, 2.75) is 45.1 Å². The predicted molar refractivity (Wildman–Crippen MR) is 60.2 cm³/mol. The van der Waals surface area contributed by atoms with Gasteiger partial charge in [-0.25, -0.2) is 0 Å². The van der Waals surface area contributed by atoms with E-state index in [1.165, 1.54) is 38.8 Å². The summed E-state index contributed by atoms with van der Waals surface area (Å²) in [6.45, 7) is 8.31. The summed E-state index contributed by atoms with van der Waals surface area (Å²) < 4.78 is 0. The van der Waals surface area contributed by atoms with E-state index in [1.807, 2.05) is 0 Å². The van der Waals surface area contributed by atoms with Gasteiger partial charge in [-0.1, -0.05) is 20.3 Å². The molecule has 0 bridgehead atoms. The minimum atomic E-state index is 0.172. The number of piperidine rings is 1. The van der Waals surface area contributed by atoms with Crippen LogP contribution in [0.2, 0.25) is 0 Å². The first kappa shape index (κ1) is 10.4. The lowest BCUT2D eigenvalue weighted by atomic mass is 10.0. The first-order chi connectivity index (χ1) is 6.62. The van der Waals surface area contributed by atoms with Gasteiger partial charge in [-0.15, -0.1) is 0 Å². The van der Waals surface area contributed by atoms with Crippen LogP contribution in [0.1, 0.15) is 39.5 Å². The summed E-state index contributed by atoms with van der Waals surface area (Å²) in [6.07, 6.45) is 5.42. The van der Waals surface area contributed by atoms with Crippen molar-refractivity contribution in [1.82, 2.24) is 4.90 Å². The summed E-state index contributed by atoms with van der Waals surface area (Å²) in [5, 5.41) is 0. The van der Waals surface area contributed by atoms with Crippen molar-refractivity contribution < 1.29 is 0 Å². The van der Waals surface area contributed by atoms with E-state index in [0.717, 1.165) is 18.4 Å². The van der Waals surface area contributed by atoms with Gasteiger partial charge in [0.2, 0.25) is 0 Å². The predicted octanol–water partition coefficient (Wildman–Crippen LogP) is 1.85. The average molecular weight is 196 g/mol. The Labute approximate surface area is 87.8 Å². The topological polar surface area (TPSA) is 29.3 Å². The summed E-state index contributed by atoms with van der Waals surface area (Å²) in [5.41, 5.74) is 6.55. The molecular weight excluding hydrogens is 172 g/mol. The number of rotatable bonds is 3. The Bertz CT molecular complexity index is 196. The summed E-state index contributed by atoms with van der Waals surface area (Å²) in [7, 11) is 0. The molecule has 0 radical (unpaired) electrons. The molecule has 2 unspecified atom stereocenters. The Morgan fingerprint density at radius 1 is 1.29 bits per heavy atom. The summed E-state index contributed by atoms with van der Waals surface area (Å²) in [5.74, 6) is 1.55. The Morgan fingerprint density at radius 3 is 2.43 bits per heavy atom. The SMILES string of the molecule is CC(C)C1CC1(N)CN1CCCCC1. The standard InChI is InChI=1S/C12H24N2/c1-10(2)11-8-12(11,13)9-14-6-4-3-5-7-14/h10-11H,3-9,13H2,1-2H3. The van der Waals surface area contributed by atoms with Crippen molar-refractivity contribution in [3.8, 4) is 0 Å². The third-order valence-electron chi connectivity index (χ3n) is 3.95. The molecule has 2 N–H and O–H groups in total. The van der Waals surface area contributed by atoms with Crippen LogP contribution in [0.15, 0.2) is 0 Å². The van der Waals surface area contributed by atoms with Crippen LogP contribution < -0.4 is 5.73 Å². The summed E-state index contributed by atoms with van der Waals surface area (Å²) in [4.78, 5) is 2.58. The zero-order chi connectivity index (χ0) is 10.2.